The molecule has 1 saturated heterocycles. The number of carbonyl (C=O) groups excluding carboxylic acids is 3. The molecule has 7 N–H and O–H groups in total. The fourth-order valence-corrected chi connectivity index (χ4v) is 10.4. The minimum Gasteiger partial charge on any atom is -0.508 e. The number of benzene rings is 5. The Balaban J connectivity index is 0.766. The predicted molar refractivity (Wildman–Crippen MR) is 255 cm³/mol. The number of ether oxygens (including phenoxy) is 2. The van der Waals surface area contributed by atoms with Gasteiger partial charge in [-0.15, -0.1) is 0 Å². The van der Waals surface area contributed by atoms with E-state index in [1.165, 1.54) is 24.3 Å². The molecule has 14 nitrogen and oxygen atoms in total. The third-order valence-electron chi connectivity index (χ3n) is 12.5. The minimum atomic E-state index is -1.40. The molecule has 334 valence electrons. The van der Waals surface area contributed by atoms with Crippen LogP contribution in [0.3, 0.4) is 0 Å². The molecule has 66 heavy (non-hydrogen) atoms. The molecule has 10 rings (SSSR count). The maximum Gasteiger partial charge on any atom is 0.340 e. The van der Waals surface area contributed by atoms with E-state index in [0.29, 0.717) is 40.3 Å². The highest BCUT2D eigenvalue weighted by molar-refractivity contribution is 7.97. The fraction of sp³-hybridized carbons (Fsp3) is 0.220. The summed E-state index contributed by atoms with van der Waals surface area (Å²) in [6.07, 6.45) is 8.33. The van der Waals surface area contributed by atoms with E-state index in [0.717, 1.165) is 77.0 Å². The molecule has 7 aromatic rings. The number of H-pyrrole nitrogens is 1. The van der Waals surface area contributed by atoms with E-state index < -0.39 is 11.6 Å². The fourth-order valence-electron chi connectivity index (χ4n) is 9.26. The molecule has 2 amide bonds. The van der Waals surface area contributed by atoms with Crippen LogP contribution in [0.4, 0.5) is 0 Å². The Labute approximate surface area is 389 Å². The number of amides is 2. The van der Waals surface area contributed by atoms with Crippen LogP contribution in [0.15, 0.2) is 116 Å². The number of rotatable bonds is 13. The zero-order valence-electron chi connectivity index (χ0n) is 35.6. The first-order valence-corrected chi connectivity index (χ1v) is 23.1. The molecule has 1 fully saturated rings. The number of fused-ring (bicyclic) bond motifs is 7. The number of phenols is 2. The Morgan fingerprint density at radius 3 is 2.38 bits per heavy atom. The number of piperidine rings is 1. The summed E-state index contributed by atoms with van der Waals surface area (Å²) >= 11 is 7.09. The molecule has 5 aromatic carbocycles. The SMILES string of the molecule is NC(=S)c1cccc(-c2cn(C3CCN(SCCCNC(=O)c4ccc5c(c4)C(=O)OC54c5ccc(O)cc5Oc5cc(O)ccc54)CC3)c3cc(CNC(=O)Cc4cnc[nH]4)ccc23)c1. The lowest BCUT2D eigenvalue weighted by atomic mass is 9.77. The number of aromatic amines is 1. The lowest BCUT2D eigenvalue weighted by molar-refractivity contribution is -0.120. The highest BCUT2D eigenvalue weighted by atomic mass is 32.2. The monoisotopic (exact) mass is 919 g/mol. The Bertz CT molecular complexity index is 3000. The van der Waals surface area contributed by atoms with Gasteiger partial charge in [-0.1, -0.05) is 60.6 Å². The van der Waals surface area contributed by atoms with Gasteiger partial charge in [-0.05, 0) is 78.9 Å². The van der Waals surface area contributed by atoms with E-state index in [2.05, 4.69) is 59.9 Å². The number of nitrogens with zero attached hydrogens (tertiary/aromatic N) is 3. The van der Waals surface area contributed by atoms with Crippen molar-refractivity contribution in [2.24, 2.45) is 5.73 Å². The van der Waals surface area contributed by atoms with Gasteiger partial charge in [-0.3, -0.25) is 13.9 Å². The maximum atomic E-state index is 13.5. The van der Waals surface area contributed by atoms with Crippen LogP contribution < -0.4 is 21.1 Å². The van der Waals surface area contributed by atoms with Crippen LogP contribution in [0, 0.1) is 0 Å². The summed E-state index contributed by atoms with van der Waals surface area (Å²) in [7, 11) is 0. The number of nitrogens with two attached hydrogens (primary N) is 1. The molecule has 5 heterocycles. The lowest BCUT2D eigenvalue weighted by Gasteiger charge is -2.36. The standard InChI is InChI=1S/C50H45N7O7S2/c51-47(65)31-4-1-3-30(20-31)39-27-57(43-19-29(5-9-37(39)43)25-54-46(60)22-33-26-52-28-55-33)34-13-16-56(17-14-34)66-18-2-15-53-48(61)32-6-10-40-38(21-32)49(62)64-50(40)41-11-7-35(58)23-44(41)63-45-24-36(59)8-12-42(45)50/h1,3-12,19-21,23-24,26-28,34,58-59H,2,13-18,22,25H2,(H2,51,65)(H,52,55)(H,53,61)(H,54,60). The maximum absolute atomic E-state index is 13.5. The van der Waals surface area contributed by atoms with Crippen molar-refractivity contribution in [2.75, 3.05) is 25.4 Å². The highest BCUT2D eigenvalue weighted by Crippen LogP contribution is 2.57. The van der Waals surface area contributed by atoms with Crippen LogP contribution >= 0.6 is 24.2 Å². The van der Waals surface area contributed by atoms with Crippen LogP contribution in [0.2, 0.25) is 0 Å². The summed E-state index contributed by atoms with van der Waals surface area (Å²) in [5.41, 5.74) is 12.6. The number of aromatic hydroxyl groups is 2. The van der Waals surface area contributed by atoms with Crippen molar-refractivity contribution in [3.63, 3.8) is 0 Å². The van der Waals surface area contributed by atoms with Gasteiger partial charge in [0.2, 0.25) is 5.91 Å². The number of phenolic OH excluding ortho intramolecular Hbond substituents is 2. The average Bonchev–Trinajstić information content (AvgIpc) is 4.05. The molecular weight excluding hydrogens is 875 g/mol. The van der Waals surface area contributed by atoms with Crippen molar-refractivity contribution in [3.05, 3.63) is 160 Å². The van der Waals surface area contributed by atoms with E-state index in [4.69, 9.17) is 27.4 Å². The third kappa shape index (κ3) is 8.12. The zero-order valence-corrected chi connectivity index (χ0v) is 37.2. The first-order chi connectivity index (χ1) is 32.0. The zero-order chi connectivity index (χ0) is 45.5. The third-order valence-corrected chi connectivity index (χ3v) is 13.9. The molecule has 0 unspecified atom stereocenters. The van der Waals surface area contributed by atoms with Crippen molar-refractivity contribution in [2.45, 2.75) is 43.9 Å². The average molecular weight is 920 g/mol. The largest absolute Gasteiger partial charge is 0.508 e. The van der Waals surface area contributed by atoms with Gasteiger partial charge in [0.15, 0.2) is 5.60 Å². The number of aromatic nitrogens is 3. The van der Waals surface area contributed by atoms with Gasteiger partial charge in [0.1, 0.15) is 28.0 Å². The Morgan fingerprint density at radius 1 is 0.894 bits per heavy atom. The van der Waals surface area contributed by atoms with E-state index >= 15 is 0 Å². The number of hydrogen-bond acceptors (Lipinski definition) is 11. The molecule has 0 radical (unpaired) electrons. The number of hydrogen-bond donors (Lipinski definition) is 6. The molecule has 3 aliphatic rings. The molecular formula is C50H45N7O7S2. The van der Waals surface area contributed by atoms with Crippen molar-refractivity contribution in [1.82, 2.24) is 29.5 Å². The van der Waals surface area contributed by atoms with Gasteiger partial charge in [0.25, 0.3) is 5.91 Å². The predicted octanol–water partition coefficient (Wildman–Crippen LogP) is 7.61. The molecule has 16 heteroatoms. The van der Waals surface area contributed by atoms with E-state index in [-0.39, 0.29) is 52.8 Å². The van der Waals surface area contributed by atoms with Gasteiger partial charge < -0.3 is 45.6 Å². The molecule has 0 aliphatic carbocycles. The Hall–Kier alpha value is -7.14. The van der Waals surface area contributed by atoms with Gasteiger partial charge in [-0.25, -0.2) is 9.78 Å². The highest BCUT2D eigenvalue weighted by Gasteiger charge is 2.53. The second kappa shape index (κ2) is 17.7. The Morgan fingerprint density at radius 2 is 1.65 bits per heavy atom. The lowest BCUT2D eigenvalue weighted by Crippen LogP contribution is -2.33. The molecule has 0 atom stereocenters. The van der Waals surface area contributed by atoms with Crippen LogP contribution in [0.1, 0.15) is 79.5 Å². The van der Waals surface area contributed by atoms with Crippen LogP contribution in [0.25, 0.3) is 22.0 Å². The topological polar surface area (TPSA) is 197 Å². The second-order valence-corrected chi connectivity index (χ2v) is 18.3. The van der Waals surface area contributed by atoms with Crippen molar-refractivity contribution < 1.29 is 34.1 Å². The molecule has 0 bridgehead atoms. The first-order valence-electron chi connectivity index (χ1n) is 21.7. The molecule has 3 aliphatic heterocycles. The smallest absolute Gasteiger partial charge is 0.340 e. The van der Waals surface area contributed by atoms with Gasteiger partial charge >= 0.3 is 5.97 Å². The van der Waals surface area contributed by atoms with Gasteiger partial charge in [0.05, 0.1) is 18.3 Å². The summed E-state index contributed by atoms with van der Waals surface area (Å²) in [5.74, 6) is 0.361. The summed E-state index contributed by atoms with van der Waals surface area (Å²) in [6.45, 7) is 2.65. The van der Waals surface area contributed by atoms with E-state index in [9.17, 15) is 24.6 Å². The van der Waals surface area contributed by atoms with Crippen LogP contribution in [-0.4, -0.2) is 77.2 Å². The van der Waals surface area contributed by atoms with E-state index in [1.807, 2.05) is 18.2 Å². The second-order valence-electron chi connectivity index (χ2n) is 16.7. The quantitative estimate of drug-likeness (QED) is 0.0287. The van der Waals surface area contributed by atoms with Crippen molar-refractivity contribution in [1.29, 1.82) is 0 Å². The first kappa shape index (κ1) is 42.8. The molecule has 0 saturated carbocycles. The number of carbonyl (C=O) groups is 3. The summed E-state index contributed by atoms with van der Waals surface area (Å²) in [5, 5.41) is 27.6. The van der Waals surface area contributed by atoms with E-state index in [1.54, 1.807) is 54.8 Å². The normalized spacial score (nSPS) is 15.1. The molecule has 2 aromatic heterocycles. The van der Waals surface area contributed by atoms with Gasteiger partial charge in [0, 0.05) is 112 Å². The van der Waals surface area contributed by atoms with Crippen molar-refractivity contribution in [3.8, 4) is 34.1 Å². The summed E-state index contributed by atoms with van der Waals surface area (Å²) < 4.78 is 17.0. The minimum absolute atomic E-state index is 0.0286. The summed E-state index contributed by atoms with van der Waals surface area (Å²) in [4.78, 5) is 47.0. The number of esters is 1. The van der Waals surface area contributed by atoms with Crippen molar-refractivity contribution >= 4 is 57.8 Å². The summed E-state index contributed by atoms with van der Waals surface area (Å²) in [6, 6.07) is 28.8. The molecule has 1 spiro atoms. The van der Waals surface area contributed by atoms with Crippen LogP contribution in [0.5, 0.6) is 23.0 Å². The number of imidazole rings is 1. The van der Waals surface area contributed by atoms with Crippen LogP contribution in [-0.2, 0) is 28.1 Å². The number of thiocarbonyl (C=S) groups is 1. The Kier molecular flexibility index (Phi) is 11.5. The van der Waals surface area contributed by atoms with Gasteiger partial charge in [-0.2, -0.15) is 0 Å². The number of nitrogens with one attached hydrogen (secondary N) is 3.